The smallest absolute Gasteiger partial charge is 0.262 e. The summed E-state index contributed by atoms with van der Waals surface area (Å²) in [7, 11) is -3.81. The highest BCUT2D eigenvalue weighted by atomic mass is 32.2. The molecule has 1 aliphatic heterocycles. The van der Waals surface area contributed by atoms with Crippen LogP contribution in [0.5, 0.6) is 0 Å². The average Bonchev–Trinajstić information content (AvgIpc) is 2.58. The second kappa shape index (κ2) is 4.70. The fraction of sp³-hybridized carbons (Fsp3) is 0.308. The van der Waals surface area contributed by atoms with Gasteiger partial charge < -0.3 is 11.1 Å². The Kier molecular flexibility index (Phi) is 3.36. The Bertz CT molecular complexity index is 662. The molecule has 3 N–H and O–H groups in total. The van der Waals surface area contributed by atoms with Gasteiger partial charge in [-0.3, -0.25) is 4.79 Å². The van der Waals surface area contributed by atoms with Crippen LogP contribution in [0.1, 0.15) is 25.8 Å². The number of sulfone groups is 1. The number of benzene rings is 1. The van der Waals surface area contributed by atoms with Crippen LogP contribution in [0.4, 0.5) is 0 Å². The van der Waals surface area contributed by atoms with Gasteiger partial charge in [0, 0.05) is 11.6 Å². The number of primary amides is 1. The zero-order chi connectivity index (χ0) is 14.2. The maximum Gasteiger partial charge on any atom is 0.262 e. The standard InChI is InChI=1S/C13H16N2O3S/c1-3-8(2)15-11-9-6-4-5-7-10(9)19(17,18)12(11)13(14)16/h4-8,15H,3H2,1-2H3,(H2,14,16)/t8-/m0/s1. The van der Waals surface area contributed by atoms with Crippen LogP contribution in [0.15, 0.2) is 34.1 Å². The highest BCUT2D eigenvalue weighted by Gasteiger charge is 2.38. The van der Waals surface area contributed by atoms with Crippen LogP contribution in [0, 0.1) is 0 Å². The van der Waals surface area contributed by atoms with Crippen molar-refractivity contribution in [3.8, 4) is 0 Å². The number of fused-ring (bicyclic) bond motifs is 1. The van der Waals surface area contributed by atoms with Crippen LogP contribution in [0.3, 0.4) is 0 Å². The summed E-state index contributed by atoms with van der Waals surface area (Å²) in [4.78, 5) is 11.3. The summed E-state index contributed by atoms with van der Waals surface area (Å²) in [5.74, 6) is -0.929. The number of hydrogen-bond donors (Lipinski definition) is 2. The molecule has 0 bridgehead atoms. The molecule has 0 aliphatic carbocycles. The predicted molar refractivity (Wildman–Crippen MR) is 72.6 cm³/mol. The Morgan fingerprint density at radius 1 is 1.37 bits per heavy atom. The topological polar surface area (TPSA) is 89.3 Å². The monoisotopic (exact) mass is 280 g/mol. The SMILES string of the molecule is CC[C@H](C)NC1=C(C(N)=O)S(=O)(=O)c2ccccc21. The lowest BCUT2D eigenvalue weighted by atomic mass is 10.1. The number of nitrogens with one attached hydrogen (secondary N) is 1. The molecule has 2 rings (SSSR count). The summed E-state index contributed by atoms with van der Waals surface area (Å²) in [6, 6.07) is 6.57. The van der Waals surface area contributed by atoms with Gasteiger partial charge in [-0.2, -0.15) is 0 Å². The van der Waals surface area contributed by atoms with Gasteiger partial charge in [-0.05, 0) is 19.4 Å². The maximum absolute atomic E-state index is 12.3. The van der Waals surface area contributed by atoms with Crippen molar-refractivity contribution in [3.63, 3.8) is 0 Å². The predicted octanol–water partition coefficient (Wildman–Crippen LogP) is 1.02. The fourth-order valence-corrected chi connectivity index (χ4v) is 3.66. The first-order valence-electron chi connectivity index (χ1n) is 6.04. The molecule has 102 valence electrons. The molecule has 1 heterocycles. The molecule has 0 radical (unpaired) electrons. The van der Waals surface area contributed by atoms with Gasteiger partial charge >= 0.3 is 0 Å². The largest absolute Gasteiger partial charge is 0.381 e. The van der Waals surface area contributed by atoms with E-state index in [2.05, 4.69) is 5.32 Å². The van der Waals surface area contributed by atoms with Gasteiger partial charge in [0.1, 0.15) is 0 Å². The van der Waals surface area contributed by atoms with Gasteiger partial charge in [0.2, 0.25) is 9.84 Å². The van der Waals surface area contributed by atoms with E-state index in [9.17, 15) is 13.2 Å². The van der Waals surface area contributed by atoms with E-state index < -0.39 is 15.7 Å². The third kappa shape index (κ3) is 2.12. The minimum atomic E-state index is -3.81. The lowest BCUT2D eigenvalue weighted by molar-refractivity contribution is -0.113. The van der Waals surface area contributed by atoms with Crippen LogP contribution in [0.25, 0.3) is 5.70 Å². The van der Waals surface area contributed by atoms with E-state index >= 15 is 0 Å². The molecular formula is C13H16N2O3S. The minimum absolute atomic E-state index is 0.0470. The van der Waals surface area contributed by atoms with Crippen molar-refractivity contribution in [1.29, 1.82) is 0 Å². The van der Waals surface area contributed by atoms with Gasteiger partial charge in [-0.15, -0.1) is 0 Å². The average molecular weight is 280 g/mol. The van der Waals surface area contributed by atoms with Crippen LogP contribution in [-0.4, -0.2) is 20.4 Å². The summed E-state index contributed by atoms with van der Waals surface area (Å²) >= 11 is 0. The van der Waals surface area contributed by atoms with Gasteiger partial charge in [-0.25, -0.2) is 8.42 Å². The van der Waals surface area contributed by atoms with Crippen molar-refractivity contribution < 1.29 is 13.2 Å². The van der Waals surface area contributed by atoms with E-state index in [4.69, 9.17) is 5.73 Å². The van der Waals surface area contributed by atoms with Crippen molar-refractivity contribution in [2.45, 2.75) is 31.2 Å². The van der Waals surface area contributed by atoms with Gasteiger partial charge in [-0.1, -0.05) is 25.1 Å². The Morgan fingerprint density at radius 2 is 2.00 bits per heavy atom. The number of rotatable bonds is 4. The third-order valence-electron chi connectivity index (χ3n) is 3.17. The molecule has 1 aromatic carbocycles. The van der Waals surface area contributed by atoms with E-state index in [1.54, 1.807) is 18.2 Å². The molecule has 0 saturated carbocycles. The van der Waals surface area contributed by atoms with Crippen molar-refractivity contribution in [1.82, 2.24) is 5.32 Å². The molecule has 0 saturated heterocycles. The zero-order valence-corrected chi connectivity index (χ0v) is 11.6. The Morgan fingerprint density at radius 3 is 2.58 bits per heavy atom. The van der Waals surface area contributed by atoms with Crippen LogP contribution in [-0.2, 0) is 14.6 Å². The maximum atomic E-state index is 12.3. The highest BCUT2D eigenvalue weighted by molar-refractivity contribution is 7.97. The van der Waals surface area contributed by atoms with Crippen LogP contribution < -0.4 is 11.1 Å². The van der Waals surface area contributed by atoms with Crippen molar-refractivity contribution >= 4 is 21.4 Å². The summed E-state index contributed by atoms with van der Waals surface area (Å²) < 4.78 is 24.6. The van der Waals surface area contributed by atoms with E-state index in [0.717, 1.165) is 6.42 Å². The van der Waals surface area contributed by atoms with E-state index in [1.807, 2.05) is 13.8 Å². The minimum Gasteiger partial charge on any atom is -0.381 e. The molecule has 19 heavy (non-hydrogen) atoms. The summed E-state index contributed by atoms with van der Waals surface area (Å²) in [6.07, 6.45) is 0.803. The second-order valence-electron chi connectivity index (χ2n) is 4.52. The first kappa shape index (κ1) is 13.6. The molecule has 1 aliphatic rings. The van der Waals surface area contributed by atoms with Gasteiger partial charge in [0.15, 0.2) is 4.91 Å². The summed E-state index contributed by atoms with van der Waals surface area (Å²) in [5.41, 5.74) is 6.07. The molecule has 0 unspecified atom stereocenters. The Balaban J connectivity index is 2.68. The molecule has 1 aromatic rings. The van der Waals surface area contributed by atoms with Crippen molar-refractivity contribution in [2.24, 2.45) is 5.73 Å². The summed E-state index contributed by atoms with van der Waals surface area (Å²) in [6.45, 7) is 3.89. The molecule has 5 nitrogen and oxygen atoms in total. The Hall–Kier alpha value is -1.82. The fourth-order valence-electron chi connectivity index (χ4n) is 2.02. The third-order valence-corrected chi connectivity index (χ3v) is 5.05. The zero-order valence-electron chi connectivity index (χ0n) is 10.8. The second-order valence-corrected chi connectivity index (χ2v) is 6.38. The van der Waals surface area contributed by atoms with Gasteiger partial charge in [0.05, 0.1) is 10.6 Å². The number of hydrogen-bond acceptors (Lipinski definition) is 4. The molecule has 0 spiro atoms. The molecule has 6 heteroatoms. The molecule has 0 aromatic heterocycles. The number of nitrogens with two attached hydrogens (primary N) is 1. The number of carbonyl (C=O) groups excluding carboxylic acids is 1. The van der Waals surface area contributed by atoms with Crippen LogP contribution >= 0.6 is 0 Å². The number of carbonyl (C=O) groups is 1. The van der Waals surface area contributed by atoms with E-state index in [0.29, 0.717) is 11.3 Å². The van der Waals surface area contributed by atoms with E-state index in [-0.39, 0.29) is 15.8 Å². The summed E-state index contributed by atoms with van der Waals surface area (Å²) in [5, 5.41) is 3.07. The molecular weight excluding hydrogens is 264 g/mol. The van der Waals surface area contributed by atoms with Crippen molar-refractivity contribution in [3.05, 3.63) is 34.7 Å². The molecule has 1 atom stereocenters. The van der Waals surface area contributed by atoms with E-state index in [1.165, 1.54) is 6.07 Å². The quantitative estimate of drug-likeness (QED) is 0.861. The highest BCUT2D eigenvalue weighted by Crippen LogP contribution is 2.37. The molecule has 0 fully saturated rings. The van der Waals surface area contributed by atoms with Crippen LogP contribution in [0.2, 0.25) is 0 Å². The van der Waals surface area contributed by atoms with Crippen molar-refractivity contribution in [2.75, 3.05) is 0 Å². The first-order valence-corrected chi connectivity index (χ1v) is 7.53. The lowest BCUT2D eigenvalue weighted by Gasteiger charge is -2.15. The molecule has 1 amide bonds. The first-order chi connectivity index (χ1) is 8.89. The lowest BCUT2D eigenvalue weighted by Crippen LogP contribution is -2.27. The van der Waals surface area contributed by atoms with Gasteiger partial charge in [0.25, 0.3) is 5.91 Å². The number of amides is 1. The normalized spacial score (nSPS) is 18.0. The Labute approximate surface area is 112 Å².